The van der Waals surface area contributed by atoms with Gasteiger partial charge in [-0.1, -0.05) is 60.7 Å². The third-order valence-corrected chi connectivity index (χ3v) is 4.16. The Hall–Kier alpha value is -3.38. The third kappa shape index (κ3) is 5.08. The first kappa shape index (κ1) is 19.4. The van der Waals surface area contributed by atoms with Crippen molar-refractivity contribution in [1.82, 2.24) is 10.2 Å². The number of hydrogen-bond acceptors (Lipinski definition) is 4. The molecule has 144 valence electrons. The first-order valence-corrected chi connectivity index (χ1v) is 9.00. The summed E-state index contributed by atoms with van der Waals surface area (Å²) in [6, 6.07) is 21.3. The molecule has 0 unspecified atom stereocenters. The first-order valence-electron chi connectivity index (χ1n) is 9.00. The predicted octanol–water partition coefficient (Wildman–Crippen LogP) is 3.08. The zero-order chi connectivity index (χ0) is 19.9. The molecule has 0 atom stereocenters. The molecule has 0 aromatic heterocycles. The van der Waals surface area contributed by atoms with Crippen LogP contribution in [0.4, 0.5) is 0 Å². The van der Waals surface area contributed by atoms with E-state index >= 15 is 0 Å². The van der Waals surface area contributed by atoms with Gasteiger partial charge in [0.05, 0.1) is 0 Å². The van der Waals surface area contributed by atoms with Gasteiger partial charge in [0.25, 0.3) is 5.91 Å². The monoisotopic (exact) mass is 376 g/mol. The fraction of sp³-hybridized carbons (Fsp3) is 0.182. The standard InChI is InChI=1S/C22H24N4O2/c1-26(2)14-16-7-5-8-17(13-16)15-28-25-22(23)24-21(27)20-12-6-10-18-9-3-4-11-19(18)20/h3-13H,14-15H2,1-2H3,(H3,23,24,25,27). The molecule has 3 aromatic carbocycles. The van der Waals surface area contributed by atoms with Crippen LogP contribution in [-0.4, -0.2) is 30.9 Å². The molecule has 6 heteroatoms. The zero-order valence-corrected chi connectivity index (χ0v) is 16.1. The summed E-state index contributed by atoms with van der Waals surface area (Å²) >= 11 is 0. The van der Waals surface area contributed by atoms with Gasteiger partial charge < -0.3 is 15.5 Å². The van der Waals surface area contributed by atoms with E-state index in [-0.39, 0.29) is 18.5 Å². The van der Waals surface area contributed by atoms with E-state index in [0.29, 0.717) is 5.56 Å². The molecule has 3 aromatic rings. The van der Waals surface area contributed by atoms with E-state index in [9.17, 15) is 4.79 Å². The van der Waals surface area contributed by atoms with Gasteiger partial charge in [-0.3, -0.25) is 10.1 Å². The molecular weight excluding hydrogens is 352 g/mol. The van der Waals surface area contributed by atoms with Gasteiger partial charge in [-0.05, 0) is 47.2 Å². The van der Waals surface area contributed by atoms with E-state index in [1.807, 2.05) is 62.6 Å². The molecule has 0 aliphatic heterocycles. The molecule has 0 bridgehead atoms. The largest absolute Gasteiger partial charge is 0.388 e. The average molecular weight is 376 g/mol. The molecule has 0 heterocycles. The molecule has 0 saturated heterocycles. The van der Waals surface area contributed by atoms with Crippen LogP contribution in [0.25, 0.3) is 10.8 Å². The summed E-state index contributed by atoms with van der Waals surface area (Å²) in [5.41, 5.74) is 8.51. The lowest BCUT2D eigenvalue weighted by molar-refractivity contribution is 0.0969. The lowest BCUT2D eigenvalue weighted by atomic mass is 10.0. The number of nitrogens with two attached hydrogens (primary N) is 1. The number of hydrogen-bond donors (Lipinski definition) is 2. The van der Waals surface area contributed by atoms with Gasteiger partial charge in [0.15, 0.2) is 0 Å². The number of benzene rings is 3. The number of carbonyl (C=O) groups excluding carboxylic acids is 1. The van der Waals surface area contributed by atoms with Gasteiger partial charge in [-0.25, -0.2) is 0 Å². The maximum Gasteiger partial charge on any atom is 0.258 e. The molecule has 3 rings (SSSR count). The molecule has 0 saturated carbocycles. The zero-order valence-electron chi connectivity index (χ0n) is 16.1. The van der Waals surface area contributed by atoms with Gasteiger partial charge in [-0.15, -0.1) is 0 Å². The minimum atomic E-state index is -0.324. The summed E-state index contributed by atoms with van der Waals surface area (Å²) in [7, 11) is 4.04. The Morgan fingerprint density at radius 1 is 1.04 bits per heavy atom. The first-order chi connectivity index (χ1) is 13.5. The van der Waals surface area contributed by atoms with E-state index in [2.05, 4.69) is 27.5 Å². The number of carbonyl (C=O) groups is 1. The van der Waals surface area contributed by atoms with Crippen LogP contribution in [0.2, 0.25) is 0 Å². The summed E-state index contributed by atoms with van der Waals surface area (Å²) in [5.74, 6) is -0.406. The van der Waals surface area contributed by atoms with Crippen LogP contribution in [0, 0.1) is 0 Å². The number of fused-ring (bicyclic) bond motifs is 1. The fourth-order valence-corrected chi connectivity index (χ4v) is 2.99. The third-order valence-electron chi connectivity index (χ3n) is 4.16. The van der Waals surface area contributed by atoms with Crippen LogP contribution in [0.5, 0.6) is 0 Å². The second-order valence-electron chi connectivity index (χ2n) is 6.79. The van der Waals surface area contributed by atoms with Crippen molar-refractivity contribution < 1.29 is 9.63 Å². The van der Waals surface area contributed by atoms with Gasteiger partial charge in [-0.2, -0.15) is 0 Å². The smallest absolute Gasteiger partial charge is 0.258 e. The van der Waals surface area contributed by atoms with Crippen molar-refractivity contribution in [2.24, 2.45) is 10.9 Å². The highest BCUT2D eigenvalue weighted by Crippen LogP contribution is 2.18. The summed E-state index contributed by atoms with van der Waals surface area (Å²) in [4.78, 5) is 19.9. The van der Waals surface area contributed by atoms with Crippen LogP contribution < -0.4 is 11.1 Å². The van der Waals surface area contributed by atoms with Gasteiger partial charge in [0.2, 0.25) is 5.96 Å². The number of nitrogens with zero attached hydrogens (tertiary/aromatic N) is 2. The van der Waals surface area contributed by atoms with E-state index in [4.69, 9.17) is 10.6 Å². The minimum Gasteiger partial charge on any atom is -0.388 e. The highest BCUT2D eigenvalue weighted by atomic mass is 16.6. The van der Waals surface area contributed by atoms with Gasteiger partial charge >= 0.3 is 0 Å². The predicted molar refractivity (Wildman–Crippen MR) is 112 cm³/mol. The summed E-state index contributed by atoms with van der Waals surface area (Å²) < 4.78 is 0. The highest BCUT2D eigenvalue weighted by Gasteiger charge is 2.10. The summed E-state index contributed by atoms with van der Waals surface area (Å²) in [5, 5.41) is 8.22. The molecule has 28 heavy (non-hydrogen) atoms. The summed E-state index contributed by atoms with van der Waals surface area (Å²) in [6.07, 6.45) is 0. The van der Waals surface area contributed by atoms with Crippen molar-refractivity contribution in [3.63, 3.8) is 0 Å². The van der Waals surface area contributed by atoms with Crippen molar-refractivity contribution in [3.05, 3.63) is 83.4 Å². The van der Waals surface area contributed by atoms with E-state index < -0.39 is 0 Å². The molecule has 0 aliphatic rings. The Labute approximate surface area is 164 Å². The number of nitrogens with one attached hydrogen (secondary N) is 1. The maximum absolute atomic E-state index is 12.5. The number of amides is 1. The van der Waals surface area contributed by atoms with Crippen LogP contribution >= 0.6 is 0 Å². The molecule has 0 radical (unpaired) electrons. The number of oxime groups is 1. The molecule has 0 aliphatic carbocycles. The van der Waals surface area contributed by atoms with E-state index in [1.165, 1.54) is 5.56 Å². The Morgan fingerprint density at radius 3 is 2.57 bits per heavy atom. The van der Waals surface area contributed by atoms with Crippen LogP contribution in [0.15, 0.2) is 71.9 Å². The van der Waals surface area contributed by atoms with Crippen LogP contribution in [0.1, 0.15) is 21.5 Å². The Balaban J connectivity index is 1.61. The van der Waals surface area contributed by atoms with Crippen molar-refractivity contribution in [1.29, 1.82) is 0 Å². The van der Waals surface area contributed by atoms with Gasteiger partial charge in [0.1, 0.15) is 6.61 Å². The number of rotatable bonds is 6. The maximum atomic E-state index is 12.5. The fourth-order valence-electron chi connectivity index (χ4n) is 2.99. The second kappa shape index (κ2) is 9.01. The second-order valence-corrected chi connectivity index (χ2v) is 6.79. The van der Waals surface area contributed by atoms with Gasteiger partial charge in [0, 0.05) is 12.1 Å². The quantitative estimate of drug-likeness (QED) is 0.394. The normalized spacial score (nSPS) is 11.6. The SMILES string of the molecule is CN(C)Cc1cccc(CON=C(N)NC(=O)c2cccc3ccccc23)c1. The lowest BCUT2D eigenvalue weighted by Crippen LogP contribution is -2.37. The Kier molecular flexibility index (Phi) is 6.24. The van der Waals surface area contributed by atoms with Crippen molar-refractivity contribution >= 4 is 22.6 Å². The average Bonchev–Trinajstić information content (AvgIpc) is 2.67. The molecule has 1 amide bonds. The molecular formula is C22H24N4O2. The molecule has 6 nitrogen and oxygen atoms in total. The molecule has 0 spiro atoms. The van der Waals surface area contributed by atoms with E-state index in [1.54, 1.807) is 6.07 Å². The molecule has 0 fully saturated rings. The minimum absolute atomic E-state index is 0.0811. The van der Waals surface area contributed by atoms with Crippen LogP contribution in [-0.2, 0) is 18.0 Å². The topological polar surface area (TPSA) is 79.9 Å². The van der Waals surface area contributed by atoms with Crippen molar-refractivity contribution in [3.8, 4) is 0 Å². The number of guanidine groups is 1. The van der Waals surface area contributed by atoms with Crippen molar-refractivity contribution in [2.45, 2.75) is 13.2 Å². The molecule has 3 N–H and O–H groups in total. The van der Waals surface area contributed by atoms with Crippen LogP contribution in [0.3, 0.4) is 0 Å². The Bertz CT molecular complexity index is 993. The van der Waals surface area contributed by atoms with Crippen molar-refractivity contribution in [2.75, 3.05) is 14.1 Å². The lowest BCUT2D eigenvalue weighted by Gasteiger charge is -2.10. The Morgan fingerprint density at radius 2 is 1.75 bits per heavy atom. The van der Waals surface area contributed by atoms with E-state index in [0.717, 1.165) is 22.9 Å². The highest BCUT2D eigenvalue weighted by molar-refractivity contribution is 6.12. The summed E-state index contributed by atoms with van der Waals surface area (Å²) in [6.45, 7) is 1.12.